The van der Waals surface area contributed by atoms with Crippen molar-refractivity contribution in [3.8, 4) is 5.75 Å². The Kier molecular flexibility index (Phi) is 13.0. The standard InChI is InChI=1S/C31H37N3O6S/c1-3-38-28(14-8-9-15-29(36)34-26-12-6-5-11-25(26)32)30(24-10-4-7-13-27(24)39-21-20-35)40-31(37)33-22-16-18-23(41-2)19-17-22/h4-7,9-13,15-19,28,30,35H,3,8,14,20-21,32H2,1-2H3,(H,33,37)(H,34,36)/b15-9+/t28-,30-/m0/s1. The van der Waals surface area contributed by atoms with Crippen molar-refractivity contribution < 1.29 is 28.9 Å². The molecule has 41 heavy (non-hydrogen) atoms. The number of para-hydroxylation sites is 3. The lowest BCUT2D eigenvalue weighted by Crippen LogP contribution is -2.29. The largest absolute Gasteiger partial charge is 0.491 e. The van der Waals surface area contributed by atoms with E-state index in [0.717, 1.165) is 4.90 Å². The monoisotopic (exact) mass is 579 g/mol. The summed E-state index contributed by atoms with van der Waals surface area (Å²) in [6.07, 6.45) is 4.03. The van der Waals surface area contributed by atoms with Gasteiger partial charge in [0.15, 0.2) is 6.10 Å². The summed E-state index contributed by atoms with van der Waals surface area (Å²) in [5.74, 6) is 0.169. The minimum atomic E-state index is -0.832. The number of benzene rings is 3. The van der Waals surface area contributed by atoms with Crippen molar-refractivity contribution in [3.63, 3.8) is 0 Å². The number of aliphatic hydroxyl groups excluding tert-OH is 1. The molecule has 0 radical (unpaired) electrons. The maximum atomic E-state index is 13.1. The van der Waals surface area contributed by atoms with Gasteiger partial charge in [-0.15, -0.1) is 11.8 Å². The number of carbonyl (C=O) groups is 2. The quantitative estimate of drug-likeness (QED) is 0.0975. The smallest absolute Gasteiger partial charge is 0.412 e. The molecule has 9 nitrogen and oxygen atoms in total. The zero-order valence-electron chi connectivity index (χ0n) is 23.2. The van der Waals surface area contributed by atoms with Crippen LogP contribution in [0.25, 0.3) is 0 Å². The van der Waals surface area contributed by atoms with Gasteiger partial charge in [-0.25, -0.2) is 4.79 Å². The Hall–Kier alpha value is -3.99. The summed E-state index contributed by atoms with van der Waals surface area (Å²) in [7, 11) is 0. The van der Waals surface area contributed by atoms with Crippen molar-refractivity contribution in [1.82, 2.24) is 0 Å². The van der Waals surface area contributed by atoms with Gasteiger partial charge in [0.1, 0.15) is 12.4 Å². The number of thioether (sulfide) groups is 1. The van der Waals surface area contributed by atoms with Crippen molar-refractivity contribution >= 4 is 40.8 Å². The summed E-state index contributed by atoms with van der Waals surface area (Å²) in [4.78, 5) is 26.5. The van der Waals surface area contributed by atoms with Crippen LogP contribution in [0.3, 0.4) is 0 Å². The van der Waals surface area contributed by atoms with E-state index in [4.69, 9.17) is 19.9 Å². The minimum absolute atomic E-state index is 0.0841. The van der Waals surface area contributed by atoms with Crippen LogP contribution in [0.5, 0.6) is 5.75 Å². The van der Waals surface area contributed by atoms with E-state index >= 15 is 0 Å². The highest BCUT2D eigenvalue weighted by molar-refractivity contribution is 7.98. The molecule has 3 aromatic carbocycles. The molecule has 0 saturated heterocycles. The Morgan fingerprint density at radius 3 is 2.46 bits per heavy atom. The molecule has 0 bridgehead atoms. The highest BCUT2D eigenvalue weighted by Gasteiger charge is 2.30. The van der Waals surface area contributed by atoms with Crippen LogP contribution in [-0.4, -0.2) is 49.3 Å². The molecule has 5 N–H and O–H groups in total. The number of nitrogens with two attached hydrogens (primary N) is 1. The number of ether oxygens (including phenoxy) is 3. The number of nitrogen functional groups attached to an aromatic ring is 1. The molecule has 0 spiro atoms. The summed E-state index contributed by atoms with van der Waals surface area (Å²) in [5, 5.41) is 14.8. The Balaban J connectivity index is 1.76. The Bertz CT molecular complexity index is 1280. The molecule has 3 rings (SSSR count). The van der Waals surface area contributed by atoms with Gasteiger partial charge in [0, 0.05) is 22.8 Å². The first-order valence-electron chi connectivity index (χ1n) is 13.3. The molecule has 0 aliphatic rings. The maximum Gasteiger partial charge on any atom is 0.412 e. The lowest BCUT2D eigenvalue weighted by atomic mass is 9.99. The van der Waals surface area contributed by atoms with Gasteiger partial charge in [-0.05, 0) is 74.6 Å². The predicted octanol–water partition coefficient (Wildman–Crippen LogP) is 6.03. The van der Waals surface area contributed by atoms with Crippen LogP contribution in [0.15, 0.2) is 89.8 Å². The van der Waals surface area contributed by atoms with Gasteiger partial charge in [0.05, 0.1) is 24.1 Å². The second-order valence-electron chi connectivity index (χ2n) is 8.84. The van der Waals surface area contributed by atoms with Gasteiger partial charge >= 0.3 is 6.09 Å². The number of hydrogen-bond donors (Lipinski definition) is 4. The maximum absolute atomic E-state index is 13.1. The Morgan fingerprint density at radius 1 is 1.02 bits per heavy atom. The Labute approximate surface area is 245 Å². The van der Waals surface area contributed by atoms with Gasteiger partial charge in [-0.1, -0.05) is 36.4 Å². The van der Waals surface area contributed by atoms with Crippen LogP contribution in [0.1, 0.15) is 31.4 Å². The van der Waals surface area contributed by atoms with Crippen molar-refractivity contribution in [2.75, 3.05) is 42.4 Å². The third kappa shape index (κ3) is 10.2. The van der Waals surface area contributed by atoms with Crippen molar-refractivity contribution in [2.45, 2.75) is 36.9 Å². The highest BCUT2D eigenvalue weighted by Crippen LogP contribution is 2.34. The molecule has 3 aromatic rings. The number of hydrogen-bond acceptors (Lipinski definition) is 8. The number of aliphatic hydroxyl groups is 1. The van der Waals surface area contributed by atoms with Gasteiger partial charge in [0.2, 0.25) is 5.91 Å². The molecule has 0 aliphatic heterocycles. The van der Waals surface area contributed by atoms with E-state index in [9.17, 15) is 14.7 Å². The molecule has 10 heteroatoms. The molecule has 0 unspecified atom stereocenters. The van der Waals surface area contributed by atoms with Crippen LogP contribution >= 0.6 is 11.8 Å². The molecule has 2 atom stereocenters. The molecular formula is C31H37N3O6S. The van der Waals surface area contributed by atoms with Crippen LogP contribution in [0.4, 0.5) is 21.9 Å². The van der Waals surface area contributed by atoms with Crippen molar-refractivity contribution in [3.05, 3.63) is 90.5 Å². The van der Waals surface area contributed by atoms with Crippen LogP contribution in [0, 0.1) is 0 Å². The number of anilines is 3. The molecule has 0 heterocycles. The first-order valence-corrected chi connectivity index (χ1v) is 14.6. The summed E-state index contributed by atoms with van der Waals surface area (Å²) < 4.78 is 17.8. The van der Waals surface area contributed by atoms with Gasteiger partial charge in [-0.3, -0.25) is 10.1 Å². The van der Waals surface area contributed by atoms with E-state index in [2.05, 4.69) is 10.6 Å². The number of allylic oxidation sites excluding steroid dienone is 1. The van der Waals surface area contributed by atoms with E-state index < -0.39 is 18.3 Å². The molecule has 0 fully saturated rings. The van der Waals surface area contributed by atoms with Gasteiger partial charge in [-0.2, -0.15) is 0 Å². The molecule has 0 aliphatic carbocycles. The topological polar surface area (TPSA) is 132 Å². The van der Waals surface area contributed by atoms with Crippen molar-refractivity contribution in [1.29, 1.82) is 0 Å². The fourth-order valence-corrected chi connectivity index (χ4v) is 4.46. The second-order valence-corrected chi connectivity index (χ2v) is 9.72. The highest BCUT2D eigenvalue weighted by atomic mass is 32.2. The lowest BCUT2D eigenvalue weighted by molar-refractivity contribution is -0.111. The fourth-order valence-electron chi connectivity index (χ4n) is 4.05. The third-order valence-electron chi connectivity index (χ3n) is 5.97. The van der Waals surface area contributed by atoms with E-state index in [1.165, 1.54) is 6.08 Å². The molecular weight excluding hydrogens is 542 g/mol. The fraction of sp³-hybridized carbons (Fsp3) is 0.290. The number of nitrogens with one attached hydrogen (secondary N) is 2. The summed E-state index contributed by atoms with van der Waals surface area (Å²) in [6.45, 7) is 2.15. The van der Waals surface area contributed by atoms with Gasteiger partial charge < -0.3 is 30.4 Å². The molecule has 2 amide bonds. The van der Waals surface area contributed by atoms with E-state index in [0.29, 0.717) is 47.8 Å². The average Bonchev–Trinajstić information content (AvgIpc) is 2.98. The zero-order chi connectivity index (χ0) is 29.5. The van der Waals surface area contributed by atoms with Crippen LogP contribution in [0.2, 0.25) is 0 Å². The minimum Gasteiger partial charge on any atom is -0.491 e. The van der Waals surface area contributed by atoms with E-state index in [-0.39, 0.29) is 19.1 Å². The lowest BCUT2D eigenvalue weighted by Gasteiger charge is -2.28. The van der Waals surface area contributed by atoms with Crippen LogP contribution < -0.4 is 21.1 Å². The SMILES string of the molecule is CCO[C@@H](CC/C=C/C(=O)Nc1ccccc1N)[C@@H](OC(=O)Nc1ccc(SC)cc1)c1ccccc1OCCO. The number of amides is 2. The first kappa shape index (κ1) is 31.5. The average molecular weight is 580 g/mol. The normalized spacial score (nSPS) is 12.5. The number of carbonyl (C=O) groups excluding carboxylic acids is 2. The van der Waals surface area contributed by atoms with E-state index in [1.807, 2.05) is 31.4 Å². The Morgan fingerprint density at radius 2 is 1.76 bits per heavy atom. The van der Waals surface area contributed by atoms with Crippen LogP contribution in [-0.2, 0) is 14.3 Å². The van der Waals surface area contributed by atoms with E-state index in [1.54, 1.807) is 72.4 Å². The molecule has 0 aromatic heterocycles. The molecule has 218 valence electrons. The summed E-state index contributed by atoms with van der Waals surface area (Å²) in [6, 6.07) is 21.6. The summed E-state index contributed by atoms with van der Waals surface area (Å²) in [5.41, 5.74) is 8.12. The predicted molar refractivity (Wildman–Crippen MR) is 163 cm³/mol. The molecule has 0 saturated carbocycles. The third-order valence-corrected chi connectivity index (χ3v) is 6.71. The first-order chi connectivity index (χ1) is 19.9. The summed E-state index contributed by atoms with van der Waals surface area (Å²) >= 11 is 1.61. The zero-order valence-corrected chi connectivity index (χ0v) is 24.1. The number of rotatable bonds is 15. The van der Waals surface area contributed by atoms with Gasteiger partial charge in [0.25, 0.3) is 0 Å². The van der Waals surface area contributed by atoms with Crippen molar-refractivity contribution in [2.24, 2.45) is 0 Å². The second kappa shape index (κ2) is 17.0.